The van der Waals surface area contributed by atoms with E-state index in [0.29, 0.717) is 29.6 Å². The molecule has 1 saturated heterocycles. The summed E-state index contributed by atoms with van der Waals surface area (Å²) in [7, 11) is 1.29. The number of fused-ring (bicyclic) bond motifs is 1. The first-order valence-electron chi connectivity index (χ1n) is 8.19. The molecule has 0 saturated carbocycles. The lowest BCUT2D eigenvalue weighted by atomic mass is 9.95. The van der Waals surface area contributed by atoms with Gasteiger partial charge in [-0.25, -0.2) is 0 Å². The van der Waals surface area contributed by atoms with Gasteiger partial charge in [-0.05, 0) is 30.9 Å². The van der Waals surface area contributed by atoms with Crippen LogP contribution in [0.15, 0.2) is 22.6 Å². The second-order valence-electron chi connectivity index (χ2n) is 6.12. The normalized spacial score (nSPS) is 17.5. The molecule has 1 aliphatic heterocycles. The number of nitrogens with zero attached hydrogens (tertiary/aromatic N) is 2. The first-order valence-corrected chi connectivity index (χ1v) is 8.57. The van der Waals surface area contributed by atoms with Crippen molar-refractivity contribution >= 4 is 40.6 Å². The van der Waals surface area contributed by atoms with Crippen molar-refractivity contribution in [2.24, 2.45) is 5.92 Å². The third kappa shape index (κ3) is 4.42. The van der Waals surface area contributed by atoms with E-state index in [-0.39, 0.29) is 18.4 Å². The summed E-state index contributed by atoms with van der Waals surface area (Å²) >= 11 is 5.98. The van der Waals surface area contributed by atoms with E-state index in [1.807, 2.05) is 6.07 Å². The van der Waals surface area contributed by atoms with Crippen LogP contribution in [0.4, 0.5) is 6.01 Å². The minimum Gasteiger partial charge on any atom is -0.468 e. The fraction of sp³-hybridized carbons (Fsp3) is 0.471. The first kappa shape index (κ1) is 17.5. The Morgan fingerprint density at radius 2 is 2.32 bits per heavy atom. The second-order valence-corrected chi connectivity index (χ2v) is 6.56. The van der Waals surface area contributed by atoms with Crippen molar-refractivity contribution in [3.8, 4) is 0 Å². The second kappa shape index (κ2) is 7.74. The third-order valence-electron chi connectivity index (χ3n) is 4.26. The number of carbonyl (C=O) groups excluding carboxylic acids is 2. The molecule has 1 aromatic carbocycles. The zero-order valence-electron chi connectivity index (χ0n) is 14.0. The summed E-state index contributed by atoms with van der Waals surface area (Å²) in [5.41, 5.74) is 1.41. The molecule has 1 aliphatic rings. The number of methoxy groups -OCH3 is 1. The summed E-state index contributed by atoms with van der Waals surface area (Å²) in [5.74, 6) is -0.421. The number of hydrogen-bond donors (Lipinski definition) is 1. The predicted octanol–water partition coefficient (Wildman–Crippen LogP) is 2.38. The van der Waals surface area contributed by atoms with Crippen molar-refractivity contribution in [3.05, 3.63) is 23.2 Å². The molecule has 1 N–H and O–H groups in total. The van der Waals surface area contributed by atoms with Crippen molar-refractivity contribution in [2.45, 2.75) is 19.3 Å². The van der Waals surface area contributed by atoms with Gasteiger partial charge in [0.2, 0.25) is 5.91 Å². The minimum absolute atomic E-state index is 0.0995. The Balaban J connectivity index is 1.60. The fourth-order valence-corrected chi connectivity index (χ4v) is 3.17. The van der Waals surface area contributed by atoms with Gasteiger partial charge in [0, 0.05) is 30.6 Å². The predicted molar refractivity (Wildman–Crippen MR) is 93.6 cm³/mol. The number of rotatable bonds is 5. The Kier molecular flexibility index (Phi) is 5.43. The molecule has 3 rings (SSSR count). The van der Waals surface area contributed by atoms with E-state index in [9.17, 15) is 9.59 Å². The number of amides is 1. The molecule has 0 bridgehead atoms. The van der Waals surface area contributed by atoms with Crippen LogP contribution in [0.3, 0.4) is 0 Å². The fourth-order valence-electron chi connectivity index (χ4n) is 3.00. The van der Waals surface area contributed by atoms with E-state index in [2.05, 4.69) is 19.9 Å². The number of ether oxygens (including phenoxy) is 1. The Morgan fingerprint density at radius 3 is 3.12 bits per heavy atom. The van der Waals surface area contributed by atoms with Crippen LogP contribution in [0.1, 0.15) is 19.3 Å². The Morgan fingerprint density at radius 1 is 1.48 bits per heavy atom. The number of aromatic nitrogens is 1. The molecule has 8 heteroatoms. The van der Waals surface area contributed by atoms with Gasteiger partial charge < -0.3 is 19.4 Å². The molecule has 134 valence electrons. The summed E-state index contributed by atoms with van der Waals surface area (Å²) in [6.07, 6.45) is 2.27. The van der Waals surface area contributed by atoms with E-state index in [1.54, 1.807) is 12.1 Å². The number of benzene rings is 1. The number of piperidine rings is 1. The number of hydrogen-bond acceptors (Lipinski definition) is 6. The first-order chi connectivity index (χ1) is 12.0. The van der Waals surface area contributed by atoms with Crippen molar-refractivity contribution in [1.82, 2.24) is 10.3 Å². The van der Waals surface area contributed by atoms with E-state index in [1.165, 1.54) is 7.11 Å². The monoisotopic (exact) mass is 365 g/mol. The van der Waals surface area contributed by atoms with Crippen molar-refractivity contribution < 1.29 is 18.7 Å². The Labute approximate surface area is 150 Å². The molecule has 7 nitrogen and oxygen atoms in total. The van der Waals surface area contributed by atoms with E-state index in [4.69, 9.17) is 16.0 Å². The van der Waals surface area contributed by atoms with Crippen LogP contribution in [-0.2, 0) is 14.3 Å². The zero-order chi connectivity index (χ0) is 17.8. The highest BCUT2D eigenvalue weighted by Crippen LogP contribution is 2.28. The highest BCUT2D eigenvalue weighted by molar-refractivity contribution is 6.31. The average molecular weight is 366 g/mol. The molecule has 25 heavy (non-hydrogen) atoms. The van der Waals surface area contributed by atoms with Crippen LogP contribution in [0.25, 0.3) is 11.1 Å². The summed E-state index contributed by atoms with van der Waals surface area (Å²) in [4.78, 5) is 29.6. The SMILES string of the molecule is COC(=O)CNC(=O)CC1CCCN(c2nc3ccc(Cl)cc3o2)C1. The molecule has 1 fully saturated rings. The van der Waals surface area contributed by atoms with Crippen LogP contribution in [0.5, 0.6) is 0 Å². The smallest absolute Gasteiger partial charge is 0.325 e. The lowest BCUT2D eigenvalue weighted by Gasteiger charge is -2.31. The molecule has 1 unspecified atom stereocenters. The molecule has 0 aliphatic carbocycles. The van der Waals surface area contributed by atoms with Crippen LogP contribution in [0.2, 0.25) is 5.02 Å². The highest BCUT2D eigenvalue weighted by atomic mass is 35.5. The molecule has 1 aromatic heterocycles. The van der Waals surface area contributed by atoms with E-state index in [0.717, 1.165) is 24.9 Å². The number of oxazole rings is 1. The van der Waals surface area contributed by atoms with Crippen LogP contribution >= 0.6 is 11.6 Å². The average Bonchev–Trinajstić information content (AvgIpc) is 3.03. The quantitative estimate of drug-likeness (QED) is 0.819. The molecule has 2 heterocycles. The number of nitrogens with one attached hydrogen (secondary N) is 1. The molecule has 1 atom stereocenters. The summed E-state index contributed by atoms with van der Waals surface area (Å²) in [6, 6.07) is 5.90. The number of halogens is 1. The number of carbonyl (C=O) groups is 2. The van der Waals surface area contributed by atoms with Crippen molar-refractivity contribution in [1.29, 1.82) is 0 Å². The van der Waals surface area contributed by atoms with Gasteiger partial charge in [0.15, 0.2) is 5.58 Å². The minimum atomic E-state index is -0.455. The summed E-state index contributed by atoms with van der Waals surface area (Å²) in [5, 5.41) is 3.18. The van der Waals surface area contributed by atoms with Gasteiger partial charge >= 0.3 is 5.97 Å². The van der Waals surface area contributed by atoms with E-state index >= 15 is 0 Å². The number of esters is 1. The molecule has 1 amide bonds. The van der Waals surface area contributed by atoms with Gasteiger partial charge in [-0.15, -0.1) is 0 Å². The maximum absolute atomic E-state index is 12.0. The maximum Gasteiger partial charge on any atom is 0.325 e. The molecule has 0 spiro atoms. The molecular formula is C17H20ClN3O4. The van der Waals surface area contributed by atoms with Crippen molar-refractivity contribution in [3.63, 3.8) is 0 Å². The number of anilines is 1. The zero-order valence-corrected chi connectivity index (χ0v) is 14.7. The highest BCUT2D eigenvalue weighted by Gasteiger charge is 2.25. The van der Waals surface area contributed by atoms with Crippen LogP contribution in [0, 0.1) is 5.92 Å². The lowest BCUT2D eigenvalue weighted by molar-refractivity contribution is -0.141. The van der Waals surface area contributed by atoms with Crippen LogP contribution < -0.4 is 10.2 Å². The van der Waals surface area contributed by atoms with Crippen molar-refractivity contribution in [2.75, 3.05) is 31.6 Å². The standard InChI is InChI=1S/C17H20ClN3O4/c1-24-16(23)9-19-15(22)7-11-3-2-6-21(10-11)17-20-13-5-4-12(18)8-14(13)25-17/h4-5,8,11H,2-3,6-7,9-10H2,1H3,(H,19,22). The maximum atomic E-state index is 12.0. The van der Waals surface area contributed by atoms with Gasteiger partial charge in [-0.3, -0.25) is 9.59 Å². The summed E-state index contributed by atoms with van der Waals surface area (Å²) in [6.45, 7) is 1.42. The lowest BCUT2D eigenvalue weighted by Crippen LogP contribution is -2.39. The van der Waals surface area contributed by atoms with Gasteiger partial charge in [0.25, 0.3) is 6.01 Å². The largest absolute Gasteiger partial charge is 0.468 e. The molecule has 2 aromatic rings. The molecular weight excluding hydrogens is 346 g/mol. The van der Waals surface area contributed by atoms with Crippen LogP contribution in [-0.4, -0.2) is 43.6 Å². The van der Waals surface area contributed by atoms with Gasteiger partial charge in [-0.1, -0.05) is 11.6 Å². The van der Waals surface area contributed by atoms with Gasteiger partial charge in [0.1, 0.15) is 12.1 Å². The summed E-state index contributed by atoms with van der Waals surface area (Å²) < 4.78 is 10.3. The Hall–Kier alpha value is -2.28. The topological polar surface area (TPSA) is 84.7 Å². The third-order valence-corrected chi connectivity index (χ3v) is 4.50. The Bertz CT molecular complexity index is 776. The van der Waals surface area contributed by atoms with Gasteiger partial charge in [0.05, 0.1) is 7.11 Å². The van der Waals surface area contributed by atoms with E-state index < -0.39 is 5.97 Å². The van der Waals surface area contributed by atoms with Gasteiger partial charge in [-0.2, -0.15) is 4.98 Å². The molecule has 0 radical (unpaired) electrons.